The van der Waals surface area contributed by atoms with Crippen molar-refractivity contribution in [3.63, 3.8) is 0 Å². The Bertz CT molecular complexity index is 757. The van der Waals surface area contributed by atoms with Crippen molar-refractivity contribution in [3.05, 3.63) is 48.3 Å². The van der Waals surface area contributed by atoms with Crippen LogP contribution in [0.25, 0.3) is 0 Å². The highest BCUT2D eigenvalue weighted by molar-refractivity contribution is 6.07. The van der Waals surface area contributed by atoms with Gasteiger partial charge in [-0.05, 0) is 43.2 Å². The largest absolute Gasteiger partial charge is 0.495 e. The van der Waals surface area contributed by atoms with Gasteiger partial charge in [-0.1, -0.05) is 0 Å². The number of methoxy groups -OCH3 is 1. The minimum absolute atomic E-state index is 0.0292. The van der Waals surface area contributed by atoms with E-state index in [4.69, 9.17) is 4.74 Å². The normalized spacial score (nSPS) is 13.2. The maximum Gasteiger partial charge on any atom is 0.258 e. The summed E-state index contributed by atoms with van der Waals surface area (Å²) in [6.07, 6.45) is 5.10. The van der Waals surface area contributed by atoms with Crippen molar-refractivity contribution in [3.8, 4) is 5.75 Å². The van der Waals surface area contributed by atoms with Gasteiger partial charge in [0.1, 0.15) is 5.75 Å². The molecule has 6 heteroatoms. The Labute approximate surface area is 140 Å². The maximum absolute atomic E-state index is 12.7. The lowest BCUT2D eigenvalue weighted by Gasteiger charge is -2.18. The van der Waals surface area contributed by atoms with Crippen LogP contribution in [0, 0.1) is 5.92 Å². The summed E-state index contributed by atoms with van der Waals surface area (Å²) in [5, 5.41) is 2.85. The SMILES string of the molecule is COc1ccc(C(=O)N(C)c2cccnc2)cc1NC(=O)C1CC1. The van der Waals surface area contributed by atoms with E-state index in [9.17, 15) is 9.59 Å². The van der Waals surface area contributed by atoms with Crippen molar-refractivity contribution >= 4 is 23.2 Å². The second-order valence-corrected chi connectivity index (χ2v) is 5.75. The van der Waals surface area contributed by atoms with Gasteiger partial charge in [-0.15, -0.1) is 0 Å². The minimum Gasteiger partial charge on any atom is -0.495 e. The molecule has 24 heavy (non-hydrogen) atoms. The van der Waals surface area contributed by atoms with Gasteiger partial charge in [0.2, 0.25) is 5.91 Å². The van der Waals surface area contributed by atoms with Gasteiger partial charge in [-0.25, -0.2) is 0 Å². The zero-order valence-corrected chi connectivity index (χ0v) is 13.7. The molecule has 1 aromatic heterocycles. The van der Waals surface area contributed by atoms with E-state index in [1.807, 2.05) is 6.07 Å². The van der Waals surface area contributed by atoms with Crippen LogP contribution < -0.4 is 15.0 Å². The first-order valence-electron chi connectivity index (χ1n) is 7.77. The number of pyridine rings is 1. The van der Waals surface area contributed by atoms with Crippen LogP contribution in [-0.4, -0.2) is 31.0 Å². The molecule has 0 aliphatic heterocycles. The Morgan fingerprint density at radius 2 is 2.08 bits per heavy atom. The number of anilines is 2. The summed E-state index contributed by atoms with van der Waals surface area (Å²) >= 11 is 0. The van der Waals surface area contributed by atoms with Gasteiger partial charge in [0.15, 0.2) is 0 Å². The molecule has 6 nitrogen and oxygen atoms in total. The molecule has 124 valence electrons. The molecule has 0 spiro atoms. The molecule has 0 saturated heterocycles. The van der Waals surface area contributed by atoms with Crippen molar-refractivity contribution in [1.29, 1.82) is 0 Å². The Hall–Kier alpha value is -2.89. The Morgan fingerprint density at radius 1 is 1.29 bits per heavy atom. The average Bonchev–Trinajstić information content (AvgIpc) is 3.46. The van der Waals surface area contributed by atoms with E-state index in [0.29, 0.717) is 22.7 Å². The minimum atomic E-state index is -0.187. The Kier molecular flexibility index (Phi) is 4.46. The Morgan fingerprint density at radius 3 is 2.71 bits per heavy atom. The standard InChI is InChI=1S/C18H19N3O3/c1-21(14-4-3-9-19-11-14)18(23)13-7-8-16(24-2)15(10-13)20-17(22)12-5-6-12/h3-4,7-12H,5-6H2,1-2H3,(H,20,22). The first-order valence-corrected chi connectivity index (χ1v) is 7.77. The van der Waals surface area contributed by atoms with Crippen LogP contribution in [0.5, 0.6) is 5.75 Å². The molecular formula is C18H19N3O3. The van der Waals surface area contributed by atoms with Gasteiger partial charge in [0, 0.05) is 24.7 Å². The first-order chi connectivity index (χ1) is 11.6. The molecule has 0 bridgehead atoms. The molecule has 1 aliphatic rings. The maximum atomic E-state index is 12.7. The second-order valence-electron chi connectivity index (χ2n) is 5.75. The van der Waals surface area contributed by atoms with Crippen LogP contribution in [0.15, 0.2) is 42.7 Å². The number of rotatable bonds is 5. The topological polar surface area (TPSA) is 71.5 Å². The van der Waals surface area contributed by atoms with Crippen LogP contribution in [0.3, 0.4) is 0 Å². The summed E-state index contributed by atoms with van der Waals surface area (Å²) in [5.41, 5.74) is 1.68. The number of ether oxygens (including phenoxy) is 1. The molecule has 1 heterocycles. The Balaban J connectivity index is 1.84. The first kappa shape index (κ1) is 16.0. The fourth-order valence-electron chi connectivity index (χ4n) is 2.38. The summed E-state index contributed by atoms with van der Waals surface area (Å²) in [7, 11) is 3.22. The van der Waals surface area contributed by atoms with Gasteiger partial charge in [0.25, 0.3) is 5.91 Å². The molecule has 0 unspecified atom stereocenters. The summed E-state index contributed by atoms with van der Waals surface area (Å²) < 4.78 is 5.28. The molecule has 1 aromatic carbocycles. The van der Waals surface area contributed by atoms with Gasteiger partial charge in [0.05, 0.1) is 24.7 Å². The highest BCUT2D eigenvalue weighted by Crippen LogP contribution is 2.33. The number of nitrogens with one attached hydrogen (secondary N) is 1. The summed E-state index contributed by atoms with van der Waals surface area (Å²) in [5.74, 6) is 0.391. The van der Waals surface area contributed by atoms with Crippen LogP contribution in [0.4, 0.5) is 11.4 Å². The molecule has 1 fully saturated rings. The van der Waals surface area contributed by atoms with E-state index < -0.39 is 0 Å². The third-order valence-electron chi connectivity index (χ3n) is 3.99. The van der Waals surface area contributed by atoms with Crippen molar-refractivity contribution in [1.82, 2.24) is 4.98 Å². The van der Waals surface area contributed by atoms with Crippen molar-refractivity contribution < 1.29 is 14.3 Å². The number of amides is 2. The van der Waals surface area contributed by atoms with Crippen LogP contribution in [-0.2, 0) is 4.79 Å². The van der Waals surface area contributed by atoms with E-state index in [-0.39, 0.29) is 17.7 Å². The van der Waals surface area contributed by atoms with Crippen LogP contribution >= 0.6 is 0 Å². The van der Waals surface area contributed by atoms with E-state index >= 15 is 0 Å². The highest BCUT2D eigenvalue weighted by Gasteiger charge is 2.30. The smallest absolute Gasteiger partial charge is 0.258 e. The molecule has 1 N–H and O–H groups in total. The zero-order valence-electron chi connectivity index (χ0n) is 13.7. The molecule has 0 atom stereocenters. The summed E-state index contributed by atoms with van der Waals surface area (Å²) in [4.78, 5) is 30.2. The third-order valence-corrected chi connectivity index (χ3v) is 3.99. The van der Waals surface area contributed by atoms with Gasteiger partial charge in [-0.2, -0.15) is 0 Å². The predicted octanol–water partition coefficient (Wildman–Crippen LogP) is 2.72. The molecule has 3 rings (SSSR count). The van der Waals surface area contributed by atoms with E-state index in [2.05, 4.69) is 10.3 Å². The highest BCUT2D eigenvalue weighted by atomic mass is 16.5. The molecule has 0 radical (unpaired) electrons. The van der Waals surface area contributed by atoms with Crippen molar-refractivity contribution in [2.45, 2.75) is 12.8 Å². The fraction of sp³-hybridized carbons (Fsp3) is 0.278. The van der Waals surface area contributed by atoms with Gasteiger partial charge in [-0.3, -0.25) is 14.6 Å². The monoisotopic (exact) mass is 325 g/mol. The van der Waals surface area contributed by atoms with Crippen LogP contribution in [0.1, 0.15) is 23.2 Å². The van der Waals surface area contributed by atoms with Crippen LogP contribution in [0.2, 0.25) is 0 Å². The van der Waals surface area contributed by atoms with E-state index in [1.165, 1.54) is 12.0 Å². The van der Waals surface area contributed by atoms with Gasteiger partial charge >= 0.3 is 0 Å². The zero-order chi connectivity index (χ0) is 17.1. The number of nitrogens with zero attached hydrogens (tertiary/aromatic N) is 2. The third kappa shape index (κ3) is 3.37. The quantitative estimate of drug-likeness (QED) is 0.917. The fourth-order valence-corrected chi connectivity index (χ4v) is 2.38. The molecule has 1 saturated carbocycles. The lowest BCUT2D eigenvalue weighted by molar-refractivity contribution is -0.117. The molecule has 2 aromatic rings. The van der Waals surface area contributed by atoms with Crippen molar-refractivity contribution in [2.24, 2.45) is 5.92 Å². The lowest BCUT2D eigenvalue weighted by atomic mass is 10.1. The number of carbonyl (C=O) groups is 2. The average molecular weight is 325 g/mol. The number of carbonyl (C=O) groups excluding carboxylic acids is 2. The molecule has 2 amide bonds. The van der Waals surface area contributed by atoms with E-state index in [0.717, 1.165) is 12.8 Å². The number of aromatic nitrogens is 1. The summed E-state index contributed by atoms with van der Waals surface area (Å²) in [6, 6.07) is 8.60. The van der Waals surface area contributed by atoms with E-state index in [1.54, 1.807) is 43.7 Å². The lowest BCUT2D eigenvalue weighted by Crippen LogP contribution is -2.26. The van der Waals surface area contributed by atoms with Gasteiger partial charge < -0.3 is 15.0 Å². The van der Waals surface area contributed by atoms with Crippen molar-refractivity contribution in [2.75, 3.05) is 24.4 Å². The number of hydrogen-bond acceptors (Lipinski definition) is 4. The predicted molar refractivity (Wildman–Crippen MR) is 91.3 cm³/mol. The number of benzene rings is 1. The molecular weight excluding hydrogens is 306 g/mol. The number of hydrogen-bond donors (Lipinski definition) is 1. The molecule has 1 aliphatic carbocycles. The summed E-state index contributed by atoms with van der Waals surface area (Å²) in [6.45, 7) is 0. The second kappa shape index (κ2) is 6.70.